The molecule has 144 valence electrons. The van der Waals surface area contributed by atoms with Crippen LogP contribution < -0.4 is 22.3 Å². The molecule has 0 unspecified atom stereocenters. The Hall–Kier alpha value is -3.32. The first kappa shape index (κ1) is 19.4. The van der Waals surface area contributed by atoms with Crippen molar-refractivity contribution < 1.29 is 0 Å². The zero-order chi connectivity index (χ0) is 20.1. The zero-order valence-corrected chi connectivity index (χ0v) is 16.1. The van der Waals surface area contributed by atoms with Crippen molar-refractivity contribution in [2.24, 2.45) is 10.7 Å². The van der Waals surface area contributed by atoms with Gasteiger partial charge in [0, 0.05) is 23.0 Å². The molecule has 2 aromatic carbocycles. The van der Waals surface area contributed by atoms with Crippen LogP contribution in [0.2, 0.25) is 5.02 Å². The Morgan fingerprint density at radius 1 is 1.25 bits per heavy atom. The van der Waals surface area contributed by atoms with E-state index >= 15 is 0 Å². The predicted octanol–water partition coefficient (Wildman–Crippen LogP) is 3.22. The zero-order valence-electron chi connectivity index (χ0n) is 15.4. The van der Waals surface area contributed by atoms with Gasteiger partial charge in [-0.3, -0.25) is 9.78 Å². The van der Waals surface area contributed by atoms with Gasteiger partial charge in [0.25, 0.3) is 5.56 Å². The molecule has 0 aliphatic heterocycles. The third-order valence-corrected chi connectivity index (χ3v) is 4.46. The molecule has 3 aromatic rings. The van der Waals surface area contributed by atoms with Crippen molar-refractivity contribution in [2.45, 2.75) is 19.9 Å². The summed E-state index contributed by atoms with van der Waals surface area (Å²) in [6, 6.07) is 14.2. The first-order valence-electron chi connectivity index (χ1n) is 8.78. The lowest BCUT2D eigenvalue weighted by atomic mass is 10.1. The minimum absolute atomic E-state index is 0.116. The minimum Gasteiger partial charge on any atom is -0.399 e. The van der Waals surface area contributed by atoms with E-state index in [0.29, 0.717) is 28.5 Å². The molecule has 28 heavy (non-hydrogen) atoms. The number of amidine groups is 1. The van der Waals surface area contributed by atoms with E-state index in [1.807, 2.05) is 18.2 Å². The van der Waals surface area contributed by atoms with E-state index in [-0.39, 0.29) is 17.3 Å². The van der Waals surface area contributed by atoms with Gasteiger partial charge in [0.1, 0.15) is 5.84 Å². The van der Waals surface area contributed by atoms with Crippen LogP contribution in [0.3, 0.4) is 0 Å². The van der Waals surface area contributed by atoms with Crippen LogP contribution in [0.4, 0.5) is 17.3 Å². The molecule has 0 aliphatic carbocycles. The molecule has 3 rings (SSSR count). The number of nitrogens with zero attached hydrogens (tertiary/aromatic N) is 2. The minimum atomic E-state index is -0.319. The van der Waals surface area contributed by atoms with E-state index in [9.17, 15) is 4.79 Å². The second-order valence-corrected chi connectivity index (χ2v) is 6.57. The van der Waals surface area contributed by atoms with E-state index in [1.165, 1.54) is 6.07 Å². The number of anilines is 2. The number of aryl methyl sites for hydroxylation is 1. The number of halogens is 1. The Balaban J connectivity index is 1.84. The molecule has 0 fully saturated rings. The van der Waals surface area contributed by atoms with Crippen LogP contribution in [0.1, 0.15) is 23.7 Å². The Morgan fingerprint density at radius 2 is 2.04 bits per heavy atom. The Labute approximate surface area is 167 Å². The normalized spacial score (nSPS) is 11.4. The van der Waals surface area contributed by atoms with Gasteiger partial charge in [-0.15, -0.1) is 0 Å². The predicted molar refractivity (Wildman–Crippen MR) is 114 cm³/mol. The van der Waals surface area contributed by atoms with Crippen molar-refractivity contribution in [1.82, 2.24) is 9.97 Å². The van der Waals surface area contributed by atoms with Crippen LogP contribution in [0.25, 0.3) is 0 Å². The van der Waals surface area contributed by atoms with Crippen molar-refractivity contribution in [3.05, 3.63) is 80.7 Å². The maximum absolute atomic E-state index is 12.0. The van der Waals surface area contributed by atoms with Gasteiger partial charge in [0.05, 0.1) is 17.3 Å². The number of nitrogen functional groups attached to an aromatic ring is 1. The fourth-order valence-electron chi connectivity index (χ4n) is 2.73. The SMILES string of the molecule is CCc1ccc(N)cc1NCc1cc(=O)[nH]c(N=C(N)c2ccccc2Cl)n1. The summed E-state index contributed by atoms with van der Waals surface area (Å²) in [4.78, 5) is 23.1. The van der Waals surface area contributed by atoms with Gasteiger partial charge in [0.2, 0.25) is 5.95 Å². The summed E-state index contributed by atoms with van der Waals surface area (Å²) in [6.45, 7) is 2.40. The lowest BCUT2D eigenvalue weighted by molar-refractivity contribution is 0.976. The maximum atomic E-state index is 12.0. The van der Waals surface area contributed by atoms with Crippen LogP contribution in [0.5, 0.6) is 0 Å². The van der Waals surface area contributed by atoms with Crippen LogP contribution in [0, 0.1) is 0 Å². The summed E-state index contributed by atoms with van der Waals surface area (Å²) in [5.41, 5.74) is 15.4. The summed E-state index contributed by atoms with van der Waals surface area (Å²) < 4.78 is 0. The summed E-state index contributed by atoms with van der Waals surface area (Å²) in [5.74, 6) is 0.285. The molecule has 0 atom stereocenters. The van der Waals surface area contributed by atoms with Gasteiger partial charge >= 0.3 is 0 Å². The molecule has 0 amide bonds. The van der Waals surface area contributed by atoms with Gasteiger partial charge < -0.3 is 16.8 Å². The maximum Gasteiger partial charge on any atom is 0.252 e. The van der Waals surface area contributed by atoms with Gasteiger partial charge in [-0.1, -0.05) is 36.7 Å². The van der Waals surface area contributed by atoms with E-state index in [0.717, 1.165) is 17.7 Å². The number of H-pyrrole nitrogens is 1. The van der Waals surface area contributed by atoms with Crippen LogP contribution in [-0.4, -0.2) is 15.8 Å². The van der Waals surface area contributed by atoms with E-state index in [4.69, 9.17) is 23.1 Å². The van der Waals surface area contributed by atoms with Crippen molar-refractivity contribution in [2.75, 3.05) is 11.1 Å². The third-order valence-electron chi connectivity index (χ3n) is 4.13. The number of aromatic nitrogens is 2. The summed E-state index contributed by atoms with van der Waals surface area (Å²) in [5, 5.41) is 3.74. The van der Waals surface area contributed by atoms with Crippen LogP contribution in [-0.2, 0) is 13.0 Å². The molecule has 1 aromatic heterocycles. The lowest BCUT2D eigenvalue weighted by Crippen LogP contribution is -2.16. The molecule has 0 radical (unpaired) electrons. The highest BCUT2D eigenvalue weighted by molar-refractivity contribution is 6.34. The van der Waals surface area contributed by atoms with Crippen molar-refractivity contribution in [1.29, 1.82) is 0 Å². The molecule has 0 bridgehead atoms. The van der Waals surface area contributed by atoms with Crippen molar-refractivity contribution in [3.63, 3.8) is 0 Å². The number of benzene rings is 2. The first-order valence-corrected chi connectivity index (χ1v) is 9.15. The van der Waals surface area contributed by atoms with E-state index in [2.05, 4.69) is 27.2 Å². The quantitative estimate of drug-likeness (QED) is 0.289. The highest BCUT2D eigenvalue weighted by Crippen LogP contribution is 2.20. The summed E-state index contributed by atoms with van der Waals surface area (Å²) in [6.07, 6.45) is 0.856. The fourth-order valence-corrected chi connectivity index (χ4v) is 2.97. The molecular formula is C20H21ClN6O. The van der Waals surface area contributed by atoms with E-state index < -0.39 is 0 Å². The number of nitrogens with two attached hydrogens (primary N) is 2. The number of aliphatic imine (C=N–C) groups is 1. The fraction of sp³-hybridized carbons (Fsp3) is 0.150. The van der Waals surface area contributed by atoms with E-state index in [1.54, 1.807) is 24.3 Å². The van der Waals surface area contributed by atoms with Gasteiger partial charge in [-0.2, -0.15) is 4.99 Å². The first-order chi connectivity index (χ1) is 13.5. The lowest BCUT2D eigenvalue weighted by Gasteiger charge is -2.11. The van der Waals surface area contributed by atoms with Gasteiger partial charge in [-0.25, -0.2) is 4.98 Å². The molecular weight excluding hydrogens is 376 g/mol. The Morgan fingerprint density at radius 3 is 2.79 bits per heavy atom. The van der Waals surface area contributed by atoms with Gasteiger partial charge in [0.15, 0.2) is 0 Å². The molecule has 6 N–H and O–H groups in total. The Bertz CT molecular complexity index is 1080. The molecule has 0 saturated heterocycles. The summed E-state index contributed by atoms with van der Waals surface area (Å²) >= 11 is 6.13. The second-order valence-electron chi connectivity index (χ2n) is 6.16. The van der Waals surface area contributed by atoms with Crippen molar-refractivity contribution >= 4 is 34.8 Å². The monoisotopic (exact) mass is 396 g/mol. The standard InChI is InChI=1S/C20H21ClN6O/c1-2-12-7-8-13(22)9-17(12)24-11-14-10-18(28)26-20(25-14)27-19(23)15-5-3-4-6-16(15)21/h3-10,24H,2,11,22H2,1H3,(H3,23,25,26,27,28). The number of hydrogen-bond acceptors (Lipinski definition) is 5. The average Bonchev–Trinajstić information content (AvgIpc) is 2.66. The second kappa shape index (κ2) is 8.58. The van der Waals surface area contributed by atoms with Crippen LogP contribution >= 0.6 is 11.6 Å². The number of hydrogen-bond donors (Lipinski definition) is 4. The molecule has 8 heteroatoms. The number of nitrogens with one attached hydrogen (secondary N) is 2. The molecule has 0 spiro atoms. The van der Waals surface area contributed by atoms with Crippen molar-refractivity contribution in [3.8, 4) is 0 Å². The molecule has 1 heterocycles. The van der Waals surface area contributed by atoms with Gasteiger partial charge in [-0.05, 0) is 36.2 Å². The number of rotatable bonds is 6. The largest absolute Gasteiger partial charge is 0.399 e. The third kappa shape index (κ3) is 4.69. The summed E-state index contributed by atoms with van der Waals surface area (Å²) in [7, 11) is 0. The smallest absolute Gasteiger partial charge is 0.252 e. The Kier molecular flexibility index (Phi) is 5.96. The number of aromatic amines is 1. The molecule has 0 aliphatic rings. The average molecular weight is 397 g/mol. The topological polar surface area (TPSA) is 122 Å². The molecule has 0 saturated carbocycles. The van der Waals surface area contributed by atoms with Crippen LogP contribution in [0.15, 0.2) is 58.3 Å². The highest BCUT2D eigenvalue weighted by Gasteiger charge is 2.07. The highest BCUT2D eigenvalue weighted by atomic mass is 35.5. The molecule has 7 nitrogen and oxygen atoms in total.